The lowest BCUT2D eigenvalue weighted by Crippen LogP contribution is -2.30. The van der Waals surface area contributed by atoms with Crippen molar-refractivity contribution in [3.05, 3.63) is 77.2 Å². The highest BCUT2D eigenvalue weighted by Crippen LogP contribution is 2.33. The minimum Gasteiger partial charge on any atom is -0.493 e. The predicted molar refractivity (Wildman–Crippen MR) is 120 cm³/mol. The van der Waals surface area contributed by atoms with E-state index in [1.807, 2.05) is 31.2 Å². The third kappa shape index (κ3) is 4.38. The number of ether oxygens (including phenoxy) is 2. The lowest BCUT2D eigenvalue weighted by atomic mass is 10.1. The fraction of sp³-hybridized carbons (Fsp3) is 0.320. The lowest BCUT2D eigenvalue weighted by Gasteiger charge is -2.24. The molecule has 162 valence electrons. The summed E-state index contributed by atoms with van der Waals surface area (Å²) >= 11 is 0. The molecule has 2 aromatic carbocycles. The average molecular weight is 421 g/mol. The van der Waals surface area contributed by atoms with Crippen molar-refractivity contribution < 1.29 is 18.7 Å². The van der Waals surface area contributed by atoms with Crippen LogP contribution in [-0.4, -0.2) is 25.7 Å². The molecule has 6 nitrogen and oxygen atoms in total. The van der Waals surface area contributed by atoms with Gasteiger partial charge in [0.15, 0.2) is 11.5 Å². The molecule has 31 heavy (non-hydrogen) atoms. The lowest BCUT2D eigenvalue weighted by molar-refractivity contribution is 0.0949. The molecule has 2 heterocycles. The molecule has 1 aliphatic rings. The number of nitrogens with one attached hydrogen (secondary N) is 1. The highest BCUT2D eigenvalue weighted by Gasteiger charge is 2.28. The first kappa shape index (κ1) is 20.8. The molecular formula is C25H28N2O4. The maximum Gasteiger partial charge on any atom is 0.255 e. The van der Waals surface area contributed by atoms with Gasteiger partial charge in [0.1, 0.15) is 5.76 Å². The van der Waals surface area contributed by atoms with Crippen LogP contribution >= 0.6 is 0 Å². The Balaban J connectivity index is 1.44. The second-order valence-corrected chi connectivity index (χ2v) is 7.67. The normalized spacial score (nSPS) is 14.9. The quantitative estimate of drug-likeness (QED) is 0.578. The first-order valence-electron chi connectivity index (χ1n) is 10.6. The molecule has 1 aromatic heterocycles. The summed E-state index contributed by atoms with van der Waals surface area (Å²) in [6.45, 7) is 5.63. The molecule has 1 N–H and O–H groups in total. The number of furan rings is 1. The monoisotopic (exact) mass is 420 g/mol. The second-order valence-electron chi connectivity index (χ2n) is 7.67. The number of rotatable bonds is 8. The number of carbonyl (C=O) groups is 1. The minimum absolute atomic E-state index is 0.156. The summed E-state index contributed by atoms with van der Waals surface area (Å²) in [6.07, 6.45) is 2.58. The van der Waals surface area contributed by atoms with Gasteiger partial charge in [0.25, 0.3) is 5.91 Å². The molecule has 3 aromatic rings. The van der Waals surface area contributed by atoms with Crippen LogP contribution in [0.5, 0.6) is 11.5 Å². The first-order valence-corrected chi connectivity index (χ1v) is 10.6. The van der Waals surface area contributed by atoms with Gasteiger partial charge in [0.2, 0.25) is 0 Å². The van der Waals surface area contributed by atoms with Crippen LogP contribution in [0.15, 0.2) is 59.2 Å². The first-order chi connectivity index (χ1) is 15.1. The number of hydrogen-bond donors (Lipinski definition) is 1. The number of para-hydroxylation sites is 1. The Kier molecular flexibility index (Phi) is 6.16. The molecule has 1 atom stereocenters. The van der Waals surface area contributed by atoms with Crippen molar-refractivity contribution in [1.82, 2.24) is 5.32 Å². The fourth-order valence-electron chi connectivity index (χ4n) is 4.06. The highest BCUT2D eigenvalue weighted by molar-refractivity contribution is 5.95. The van der Waals surface area contributed by atoms with Crippen LogP contribution in [0.25, 0.3) is 0 Å². The van der Waals surface area contributed by atoms with Crippen LogP contribution in [0.4, 0.5) is 5.69 Å². The Hall–Kier alpha value is -3.41. The SMILES string of the molecule is CCOc1ccc(CNC(=O)c2ccoc2CN2c3ccccc3CC2C)cc1OC. The maximum absolute atomic E-state index is 12.9. The second kappa shape index (κ2) is 9.16. The molecule has 4 rings (SSSR count). The van der Waals surface area contributed by atoms with E-state index in [1.54, 1.807) is 19.4 Å². The maximum atomic E-state index is 12.9. The molecule has 0 fully saturated rings. The number of nitrogens with zero attached hydrogens (tertiary/aromatic N) is 1. The molecule has 0 saturated carbocycles. The van der Waals surface area contributed by atoms with Crippen LogP contribution in [0.1, 0.15) is 41.1 Å². The smallest absolute Gasteiger partial charge is 0.255 e. The number of methoxy groups -OCH3 is 1. The van der Waals surface area contributed by atoms with Gasteiger partial charge in [0, 0.05) is 18.3 Å². The van der Waals surface area contributed by atoms with Crippen molar-refractivity contribution in [1.29, 1.82) is 0 Å². The van der Waals surface area contributed by atoms with E-state index < -0.39 is 0 Å². The third-order valence-corrected chi connectivity index (χ3v) is 5.63. The van der Waals surface area contributed by atoms with Gasteiger partial charge in [-0.2, -0.15) is 0 Å². The predicted octanol–water partition coefficient (Wildman–Crippen LogP) is 4.57. The van der Waals surface area contributed by atoms with Crippen LogP contribution in [0.3, 0.4) is 0 Å². The number of benzene rings is 2. The van der Waals surface area contributed by atoms with Gasteiger partial charge in [-0.15, -0.1) is 0 Å². The Morgan fingerprint density at radius 3 is 2.84 bits per heavy atom. The van der Waals surface area contributed by atoms with E-state index >= 15 is 0 Å². The molecule has 0 spiro atoms. The molecular weight excluding hydrogens is 392 g/mol. The summed E-state index contributed by atoms with van der Waals surface area (Å²) in [6, 6.07) is 16.1. The Morgan fingerprint density at radius 1 is 1.19 bits per heavy atom. The van der Waals surface area contributed by atoms with Crippen LogP contribution in [-0.2, 0) is 19.5 Å². The number of carbonyl (C=O) groups excluding carboxylic acids is 1. The molecule has 6 heteroatoms. The summed E-state index contributed by atoms with van der Waals surface area (Å²) in [7, 11) is 1.61. The van der Waals surface area contributed by atoms with Gasteiger partial charge in [-0.05, 0) is 55.7 Å². The van der Waals surface area contributed by atoms with Gasteiger partial charge in [-0.1, -0.05) is 24.3 Å². The van der Waals surface area contributed by atoms with Crippen LogP contribution < -0.4 is 19.7 Å². The Labute approximate surface area is 182 Å². The zero-order valence-electron chi connectivity index (χ0n) is 18.2. The van der Waals surface area contributed by atoms with Crippen molar-refractivity contribution in [2.75, 3.05) is 18.6 Å². The number of anilines is 1. The van der Waals surface area contributed by atoms with E-state index in [9.17, 15) is 4.79 Å². The van der Waals surface area contributed by atoms with E-state index in [4.69, 9.17) is 13.9 Å². The van der Waals surface area contributed by atoms with E-state index in [0.717, 1.165) is 12.0 Å². The van der Waals surface area contributed by atoms with Crippen molar-refractivity contribution in [3.63, 3.8) is 0 Å². The Morgan fingerprint density at radius 2 is 2.03 bits per heavy atom. The van der Waals surface area contributed by atoms with E-state index in [0.29, 0.717) is 48.6 Å². The molecule has 1 unspecified atom stereocenters. The molecule has 1 aliphatic heterocycles. The molecule has 0 saturated heterocycles. The van der Waals surface area contributed by atoms with Gasteiger partial charge in [-0.25, -0.2) is 0 Å². The molecule has 0 radical (unpaired) electrons. The van der Waals surface area contributed by atoms with Gasteiger partial charge in [0.05, 0.1) is 32.1 Å². The molecule has 0 aliphatic carbocycles. The summed E-state index contributed by atoms with van der Waals surface area (Å²) in [5.41, 5.74) is 4.03. The van der Waals surface area contributed by atoms with Gasteiger partial charge < -0.3 is 24.1 Å². The zero-order valence-corrected chi connectivity index (χ0v) is 18.2. The van der Waals surface area contributed by atoms with Crippen LogP contribution in [0, 0.1) is 0 Å². The third-order valence-electron chi connectivity index (χ3n) is 5.63. The Bertz CT molecular complexity index is 1060. The standard InChI is InChI=1S/C25H28N2O4/c1-4-30-22-10-9-18(14-23(22)29-3)15-26-25(28)20-11-12-31-24(20)16-27-17(2)13-19-7-5-6-8-21(19)27/h5-12,14,17H,4,13,15-16H2,1-3H3,(H,26,28). The van der Waals surface area contributed by atoms with Crippen molar-refractivity contribution in [2.45, 2.75) is 39.4 Å². The summed E-state index contributed by atoms with van der Waals surface area (Å²) in [5, 5.41) is 2.99. The molecule has 0 bridgehead atoms. The van der Waals surface area contributed by atoms with Gasteiger partial charge in [-0.3, -0.25) is 4.79 Å². The summed E-state index contributed by atoms with van der Waals surface area (Å²) in [5.74, 6) is 1.86. The van der Waals surface area contributed by atoms with E-state index in [2.05, 4.69) is 35.3 Å². The van der Waals surface area contributed by atoms with Gasteiger partial charge >= 0.3 is 0 Å². The van der Waals surface area contributed by atoms with Crippen molar-refractivity contribution in [3.8, 4) is 11.5 Å². The largest absolute Gasteiger partial charge is 0.493 e. The average Bonchev–Trinajstić information content (AvgIpc) is 3.37. The summed E-state index contributed by atoms with van der Waals surface area (Å²) in [4.78, 5) is 15.2. The minimum atomic E-state index is -0.156. The highest BCUT2D eigenvalue weighted by atomic mass is 16.5. The van der Waals surface area contributed by atoms with E-state index in [1.165, 1.54) is 11.3 Å². The number of hydrogen-bond acceptors (Lipinski definition) is 5. The number of fused-ring (bicyclic) bond motifs is 1. The topological polar surface area (TPSA) is 63.9 Å². The number of amides is 1. The van der Waals surface area contributed by atoms with E-state index in [-0.39, 0.29) is 5.91 Å². The molecule has 1 amide bonds. The van der Waals surface area contributed by atoms with Crippen LogP contribution in [0.2, 0.25) is 0 Å². The van der Waals surface area contributed by atoms with Crippen molar-refractivity contribution in [2.24, 2.45) is 0 Å². The summed E-state index contributed by atoms with van der Waals surface area (Å²) < 4.78 is 16.6. The van der Waals surface area contributed by atoms with Crippen molar-refractivity contribution >= 4 is 11.6 Å². The fourth-order valence-corrected chi connectivity index (χ4v) is 4.06. The zero-order chi connectivity index (χ0) is 21.8.